The van der Waals surface area contributed by atoms with Crippen molar-refractivity contribution in [2.75, 3.05) is 0 Å². The molecule has 0 saturated heterocycles. The van der Waals surface area contributed by atoms with Crippen molar-refractivity contribution >= 4 is 44.7 Å². The molecule has 0 atom stereocenters. The molecule has 0 aliphatic carbocycles. The van der Waals surface area contributed by atoms with E-state index in [0.29, 0.717) is 41.8 Å². The molecule has 40 heavy (non-hydrogen) atoms. The van der Waals surface area contributed by atoms with E-state index in [2.05, 4.69) is 20.2 Å². The van der Waals surface area contributed by atoms with Crippen LogP contribution in [-0.2, 0) is 0 Å². The summed E-state index contributed by atoms with van der Waals surface area (Å²) in [7, 11) is 0. The van der Waals surface area contributed by atoms with Crippen LogP contribution in [0.25, 0.3) is 44.8 Å². The lowest BCUT2D eigenvalue weighted by Gasteiger charge is -1.98. The number of hydrogen-bond donors (Lipinski definition) is 2. The SMILES string of the molecule is O=c1/c(=C\c2ccc(O)cc2)sc2nc(-c3cccc(-c4nc5s/c(=C/c6ccc(O)cc6)c(=O)n5n4)c3)nn12. The van der Waals surface area contributed by atoms with Crippen molar-refractivity contribution in [2.45, 2.75) is 0 Å². The Morgan fingerprint density at radius 1 is 0.625 bits per heavy atom. The fraction of sp³-hybridized carbons (Fsp3) is 0. The second-order valence-electron chi connectivity index (χ2n) is 8.86. The minimum atomic E-state index is -0.276. The van der Waals surface area contributed by atoms with Crippen LogP contribution in [0.15, 0.2) is 82.4 Å². The van der Waals surface area contributed by atoms with E-state index in [4.69, 9.17) is 0 Å². The summed E-state index contributed by atoms with van der Waals surface area (Å²) in [5, 5.41) is 27.8. The smallest absolute Gasteiger partial charge is 0.291 e. The molecule has 12 heteroatoms. The Hall–Kier alpha value is -5.20. The number of hydrogen-bond acceptors (Lipinski definition) is 10. The van der Waals surface area contributed by atoms with E-state index >= 15 is 0 Å². The summed E-state index contributed by atoms with van der Waals surface area (Å²) < 4.78 is 3.52. The molecule has 7 aromatic rings. The first-order valence-electron chi connectivity index (χ1n) is 11.9. The summed E-state index contributed by atoms with van der Waals surface area (Å²) >= 11 is 2.46. The second kappa shape index (κ2) is 9.22. The largest absolute Gasteiger partial charge is 0.508 e. The van der Waals surface area contributed by atoms with E-state index in [1.54, 1.807) is 60.7 Å². The van der Waals surface area contributed by atoms with Gasteiger partial charge >= 0.3 is 0 Å². The highest BCUT2D eigenvalue weighted by Gasteiger charge is 2.16. The molecule has 0 unspecified atom stereocenters. The van der Waals surface area contributed by atoms with Crippen LogP contribution in [-0.4, -0.2) is 39.4 Å². The molecule has 10 nitrogen and oxygen atoms in total. The lowest BCUT2D eigenvalue weighted by atomic mass is 10.1. The van der Waals surface area contributed by atoms with Gasteiger partial charge in [-0.25, -0.2) is 0 Å². The predicted molar refractivity (Wildman–Crippen MR) is 152 cm³/mol. The molecule has 0 amide bonds. The van der Waals surface area contributed by atoms with Crippen molar-refractivity contribution in [3.8, 4) is 34.3 Å². The van der Waals surface area contributed by atoms with Crippen molar-refractivity contribution in [1.29, 1.82) is 0 Å². The molecule has 7 rings (SSSR count). The molecule has 0 fully saturated rings. The van der Waals surface area contributed by atoms with Gasteiger partial charge in [-0.15, -0.1) is 10.2 Å². The van der Waals surface area contributed by atoms with Gasteiger partial charge in [-0.1, -0.05) is 65.1 Å². The fourth-order valence-corrected chi connectivity index (χ4v) is 5.97. The number of rotatable bonds is 4. The lowest BCUT2D eigenvalue weighted by Crippen LogP contribution is -2.23. The number of nitrogens with zero attached hydrogens (tertiary/aromatic N) is 6. The summed E-state index contributed by atoms with van der Waals surface area (Å²) in [6.45, 7) is 0. The number of aromatic hydroxyl groups is 2. The second-order valence-corrected chi connectivity index (χ2v) is 10.9. The van der Waals surface area contributed by atoms with Crippen LogP contribution >= 0.6 is 22.7 Å². The van der Waals surface area contributed by atoms with Gasteiger partial charge in [0.2, 0.25) is 9.92 Å². The molecule has 194 valence electrons. The van der Waals surface area contributed by atoms with Crippen molar-refractivity contribution in [3.05, 3.63) is 114 Å². The Morgan fingerprint density at radius 2 is 1.05 bits per heavy atom. The van der Waals surface area contributed by atoms with Crippen LogP contribution in [0, 0.1) is 0 Å². The van der Waals surface area contributed by atoms with Gasteiger partial charge in [0, 0.05) is 11.1 Å². The standard InChI is InChI=1S/C28H16N6O4S2/c35-19-8-4-15(5-9-19)12-21-25(37)33-27(39-21)29-23(31-33)17-2-1-3-18(14-17)24-30-28-34(32-24)26(38)22(40-28)13-16-6-10-20(36)11-7-16/h1-14,35-36H/b21-12+,22-13+. The number of fused-ring (bicyclic) bond motifs is 2. The molecule has 4 heterocycles. The summed E-state index contributed by atoms with van der Waals surface area (Å²) in [6, 6.07) is 20.4. The number of phenolic OH excluding ortho intramolecular Hbond substituents is 2. The maximum atomic E-state index is 12.9. The molecule has 4 aromatic heterocycles. The first-order chi connectivity index (χ1) is 19.4. The van der Waals surface area contributed by atoms with Gasteiger partial charge in [0.25, 0.3) is 11.1 Å². The summed E-state index contributed by atoms with van der Waals surface area (Å²) in [5.41, 5.74) is 2.37. The van der Waals surface area contributed by atoms with Crippen molar-refractivity contribution in [3.63, 3.8) is 0 Å². The number of thiazole rings is 2. The Bertz CT molecular complexity index is 2120. The van der Waals surface area contributed by atoms with Crippen LogP contribution in [0.1, 0.15) is 11.1 Å². The van der Waals surface area contributed by atoms with Crippen molar-refractivity contribution in [1.82, 2.24) is 29.2 Å². The summed E-state index contributed by atoms with van der Waals surface area (Å²) in [6.07, 6.45) is 3.47. The van der Waals surface area contributed by atoms with Gasteiger partial charge in [-0.2, -0.15) is 19.0 Å². The zero-order valence-corrected chi connectivity index (χ0v) is 21.9. The Labute approximate surface area is 231 Å². The van der Waals surface area contributed by atoms with Gasteiger partial charge in [0.05, 0.1) is 9.06 Å². The van der Waals surface area contributed by atoms with Gasteiger partial charge in [-0.05, 0) is 53.6 Å². The zero-order valence-electron chi connectivity index (χ0n) is 20.3. The Morgan fingerprint density at radius 3 is 1.45 bits per heavy atom. The molecule has 0 bridgehead atoms. The third kappa shape index (κ3) is 4.21. The molecule has 0 aliphatic heterocycles. The van der Waals surface area contributed by atoms with E-state index in [9.17, 15) is 19.8 Å². The van der Waals surface area contributed by atoms with Gasteiger partial charge in [0.1, 0.15) is 11.5 Å². The first kappa shape index (κ1) is 23.9. The third-order valence-electron chi connectivity index (χ3n) is 6.12. The fourth-order valence-electron chi connectivity index (χ4n) is 4.15. The van der Waals surface area contributed by atoms with E-state index in [1.165, 1.54) is 31.7 Å². The molecule has 2 N–H and O–H groups in total. The maximum Gasteiger partial charge on any atom is 0.291 e. The third-order valence-corrected chi connectivity index (χ3v) is 8.04. The topological polar surface area (TPSA) is 135 Å². The van der Waals surface area contributed by atoms with Crippen LogP contribution in [0.3, 0.4) is 0 Å². The number of benzene rings is 3. The molecule has 0 spiro atoms. The summed E-state index contributed by atoms with van der Waals surface area (Å²) in [4.78, 5) is 35.9. The van der Waals surface area contributed by atoms with Gasteiger partial charge in [-0.3, -0.25) is 9.59 Å². The van der Waals surface area contributed by atoms with Crippen LogP contribution in [0.2, 0.25) is 0 Å². The maximum absolute atomic E-state index is 12.9. The van der Waals surface area contributed by atoms with Crippen molar-refractivity contribution < 1.29 is 10.2 Å². The van der Waals surface area contributed by atoms with E-state index < -0.39 is 0 Å². The van der Waals surface area contributed by atoms with Crippen LogP contribution < -0.4 is 20.2 Å². The normalized spacial score (nSPS) is 12.7. The highest BCUT2D eigenvalue weighted by molar-refractivity contribution is 7.15. The summed E-state index contributed by atoms with van der Waals surface area (Å²) in [5.74, 6) is 1.08. The number of phenols is 2. The molecule has 0 radical (unpaired) electrons. The highest BCUT2D eigenvalue weighted by Crippen LogP contribution is 2.24. The molecule has 3 aromatic carbocycles. The van der Waals surface area contributed by atoms with Crippen LogP contribution in [0.4, 0.5) is 0 Å². The highest BCUT2D eigenvalue weighted by atomic mass is 32.1. The van der Waals surface area contributed by atoms with E-state index in [-0.39, 0.29) is 22.6 Å². The molecule has 0 aliphatic rings. The average Bonchev–Trinajstić information content (AvgIpc) is 3.70. The van der Waals surface area contributed by atoms with Gasteiger partial charge in [0.15, 0.2) is 11.6 Å². The van der Waals surface area contributed by atoms with Gasteiger partial charge < -0.3 is 10.2 Å². The lowest BCUT2D eigenvalue weighted by molar-refractivity contribution is 0.474. The monoisotopic (exact) mass is 564 g/mol. The quantitative estimate of drug-likeness (QED) is 0.333. The molecular weight excluding hydrogens is 548 g/mol. The van der Waals surface area contributed by atoms with Crippen molar-refractivity contribution in [2.24, 2.45) is 0 Å². The minimum absolute atomic E-state index is 0.155. The van der Waals surface area contributed by atoms with E-state index in [0.717, 1.165) is 11.1 Å². The first-order valence-corrected chi connectivity index (χ1v) is 13.6. The number of aromatic nitrogens is 6. The van der Waals surface area contributed by atoms with E-state index in [1.807, 2.05) is 24.3 Å². The Balaban J connectivity index is 1.22. The average molecular weight is 565 g/mol. The Kier molecular flexibility index (Phi) is 5.51. The zero-order chi connectivity index (χ0) is 27.4. The van der Waals surface area contributed by atoms with Crippen LogP contribution in [0.5, 0.6) is 11.5 Å². The minimum Gasteiger partial charge on any atom is -0.508 e. The molecular formula is C28H16N6O4S2. The predicted octanol–water partition coefficient (Wildman–Crippen LogP) is 2.46. The molecule has 0 saturated carbocycles.